The maximum Gasteiger partial charge on any atom is 0.249 e. The molecule has 2 fully saturated rings. The number of thiazole rings is 1. The van der Waals surface area contributed by atoms with Gasteiger partial charge in [-0.1, -0.05) is 23.5 Å². The zero-order chi connectivity index (χ0) is 20.3. The largest absolute Gasteiger partial charge is 0.494 e. The van der Waals surface area contributed by atoms with Crippen molar-refractivity contribution in [2.45, 2.75) is 26.3 Å². The van der Waals surface area contributed by atoms with Crippen LogP contribution in [-0.2, 0) is 14.4 Å². The second-order valence-electron chi connectivity index (χ2n) is 7.79. The fourth-order valence-electron chi connectivity index (χ4n) is 4.85. The number of anilines is 1. The number of carbonyl (C=O) groups is 3. The molecule has 150 valence electrons. The highest BCUT2D eigenvalue weighted by molar-refractivity contribution is 7.22. The van der Waals surface area contributed by atoms with Crippen molar-refractivity contribution in [3.63, 3.8) is 0 Å². The van der Waals surface area contributed by atoms with Gasteiger partial charge in [-0.2, -0.15) is 0 Å². The maximum atomic E-state index is 12.9. The highest BCUT2D eigenvalue weighted by Crippen LogP contribution is 2.52. The van der Waals surface area contributed by atoms with Gasteiger partial charge in [-0.25, -0.2) is 4.98 Å². The van der Waals surface area contributed by atoms with Crippen LogP contribution in [0.2, 0.25) is 0 Å². The van der Waals surface area contributed by atoms with Crippen molar-refractivity contribution in [3.05, 3.63) is 30.4 Å². The number of rotatable bonds is 5. The summed E-state index contributed by atoms with van der Waals surface area (Å²) in [4.78, 5) is 44.2. The fraction of sp³-hybridized carbons (Fsp3) is 0.429. The van der Waals surface area contributed by atoms with Crippen LogP contribution in [0.3, 0.4) is 0 Å². The molecule has 5 atom stereocenters. The predicted octanol–water partition coefficient (Wildman–Crippen LogP) is 2.83. The molecule has 0 radical (unpaired) electrons. The van der Waals surface area contributed by atoms with Gasteiger partial charge in [0.2, 0.25) is 17.7 Å². The number of imide groups is 1. The Bertz CT molecular complexity index is 1030. The van der Waals surface area contributed by atoms with Crippen LogP contribution in [0.1, 0.15) is 20.3 Å². The summed E-state index contributed by atoms with van der Waals surface area (Å²) >= 11 is 1.34. The Morgan fingerprint density at radius 3 is 2.62 bits per heavy atom. The van der Waals surface area contributed by atoms with Gasteiger partial charge in [-0.3, -0.25) is 19.3 Å². The first-order valence-corrected chi connectivity index (χ1v) is 10.7. The fourth-order valence-corrected chi connectivity index (χ4v) is 5.70. The molecule has 5 rings (SSSR count). The molecule has 0 unspecified atom stereocenters. The van der Waals surface area contributed by atoms with Crippen LogP contribution < -0.4 is 10.1 Å². The summed E-state index contributed by atoms with van der Waals surface area (Å²) in [6.07, 6.45) is 4.96. The predicted molar refractivity (Wildman–Crippen MR) is 108 cm³/mol. The molecule has 29 heavy (non-hydrogen) atoms. The number of amides is 3. The molecule has 2 bridgehead atoms. The average Bonchev–Trinajstić information content (AvgIpc) is 3.44. The summed E-state index contributed by atoms with van der Waals surface area (Å²) in [7, 11) is 0. The van der Waals surface area contributed by atoms with Gasteiger partial charge < -0.3 is 10.1 Å². The molecule has 1 saturated heterocycles. The van der Waals surface area contributed by atoms with Crippen molar-refractivity contribution < 1.29 is 19.1 Å². The molecule has 2 aromatic rings. The third kappa shape index (κ3) is 2.77. The summed E-state index contributed by atoms with van der Waals surface area (Å²) in [6, 6.07) is 4.72. The van der Waals surface area contributed by atoms with E-state index in [1.54, 1.807) is 6.92 Å². The van der Waals surface area contributed by atoms with Crippen LogP contribution in [0.15, 0.2) is 30.4 Å². The van der Waals surface area contributed by atoms with Crippen LogP contribution in [-0.4, -0.2) is 40.3 Å². The standard InChI is InChI=1S/C21H21N3O4S/c1-3-28-13-6-7-15-14(9-13)22-21(29-15)23-18(25)10(2)24-19(26)16-11-4-5-12(8-11)17(16)20(24)27/h4-7,9-12,16-17H,3,8H2,1-2H3,(H,22,23,25)/t10-,11-,12+,16+,17-/m0/s1. The number of allylic oxidation sites excluding steroid dienone is 2. The van der Waals surface area contributed by atoms with Crippen molar-refractivity contribution in [1.82, 2.24) is 9.88 Å². The average molecular weight is 411 g/mol. The second kappa shape index (κ2) is 6.66. The van der Waals surface area contributed by atoms with Crippen LogP contribution in [0, 0.1) is 23.7 Å². The molecule has 8 heteroatoms. The van der Waals surface area contributed by atoms with Gasteiger partial charge in [-0.05, 0) is 44.2 Å². The molecule has 2 heterocycles. The molecule has 1 aliphatic heterocycles. The molecular formula is C21H21N3O4S. The van der Waals surface area contributed by atoms with E-state index >= 15 is 0 Å². The van der Waals surface area contributed by atoms with Gasteiger partial charge in [0.1, 0.15) is 11.8 Å². The number of hydrogen-bond acceptors (Lipinski definition) is 6. The van der Waals surface area contributed by atoms with Crippen molar-refractivity contribution in [3.8, 4) is 5.75 Å². The van der Waals surface area contributed by atoms with Crippen LogP contribution in [0.4, 0.5) is 5.13 Å². The Kier molecular flexibility index (Phi) is 4.20. The van der Waals surface area contributed by atoms with E-state index < -0.39 is 11.9 Å². The van der Waals surface area contributed by atoms with E-state index in [0.717, 1.165) is 27.3 Å². The molecule has 1 saturated carbocycles. The number of nitrogens with zero attached hydrogens (tertiary/aromatic N) is 2. The lowest BCUT2D eigenvalue weighted by atomic mass is 9.85. The number of likely N-dealkylation sites (tertiary alicyclic amines) is 1. The quantitative estimate of drug-likeness (QED) is 0.604. The lowest BCUT2D eigenvalue weighted by molar-refractivity contribution is -0.146. The third-order valence-electron chi connectivity index (χ3n) is 6.17. The third-order valence-corrected chi connectivity index (χ3v) is 7.12. The molecule has 1 aromatic carbocycles. The highest BCUT2D eigenvalue weighted by Gasteiger charge is 2.60. The van der Waals surface area contributed by atoms with E-state index in [0.29, 0.717) is 11.7 Å². The number of ether oxygens (including phenoxy) is 1. The van der Waals surface area contributed by atoms with Crippen molar-refractivity contribution in [1.29, 1.82) is 0 Å². The topological polar surface area (TPSA) is 88.6 Å². The van der Waals surface area contributed by atoms with Gasteiger partial charge in [0, 0.05) is 6.07 Å². The minimum absolute atomic E-state index is 0.130. The summed E-state index contributed by atoms with van der Waals surface area (Å²) in [5.74, 6) is -0.457. The zero-order valence-corrected chi connectivity index (χ0v) is 16.9. The van der Waals surface area contributed by atoms with Crippen LogP contribution >= 0.6 is 11.3 Å². The lowest BCUT2D eigenvalue weighted by Gasteiger charge is -2.23. The lowest BCUT2D eigenvalue weighted by Crippen LogP contribution is -2.46. The smallest absolute Gasteiger partial charge is 0.249 e. The Hall–Kier alpha value is -2.74. The van der Waals surface area contributed by atoms with Gasteiger partial charge in [0.25, 0.3) is 0 Å². The van der Waals surface area contributed by atoms with Crippen LogP contribution in [0.25, 0.3) is 10.2 Å². The monoisotopic (exact) mass is 411 g/mol. The van der Waals surface area contributed by atoms with E-state index in [-0.39, 0.29) is 35.5 Å². The Labute approximate surface area is 171 Å². The highest BCUT2D eigenvalue weighted by atomic mass is 32.1. The number of carbonyl (C=O) groups excluding carboxylic acids is 3. The van der Waals surface area contributed by atoms with E-state index in [4.69, 9.17) is 4.74 Å². The molecular weight excluding hydrogens is 390 g/mol. The molecule has 7 nitrogen and oxygen atoms in total. The van der Waals surface area contributed by atoms with Crippen molar-refractivity contribution in [2.75, 3.05) is 11.9 Å². The van der Waals surface area contributed by atoms with E-state index in [1.165, 1.54) is 11.3 Å². The zero-order valence-electron chi connectivity index (χ0n) is 16.1. The Balaban J connectivity index is 1.33. The van der Waals surface area contributed by atoms with Crippen molar-refractivity contribution >= 4 is 44.4 Å². The maximum absolute atomic E-state index is 12.9. The molecule has 3 aliphatic rings. The normalized spacial score (nSPS) is 28.3. The Morgan fingerprint density at radius 2 is 1.97 bits per heavy atom. The SMILES string of the molecule is CCOc1ccc2sc(NC(=O)[C@H](C)N3C(=O)[C@@H]4[C@H](C3=O)[C@H]3C=C[C@@H]4C3)nc2c1. The summed E-state index contributed by atoms with van der Waals surface area (Å²) < 4.78 is 6.40. The number of benzene rings is 1. The summed E-state index contributed by atoms with van der Waals surface area (Å²) in [5, 5.41) is 3.21. The summed E-state index contributed by atoms with van der Waals surface area (Å²) in [6.45, 7) is 4.07. The number of fused-ring (bicyclic) bond motifs is 6. The first-order chi connectivity index (χ1) is 14.0. The van der Waals surface area contributed by atoms with Gasteiger partial charge >= 0.3 is 0 Å². The second-order valence-corrected chi connectivity index (χ2v) is 8.82. The van der Waals surface area contributed by atoms with Crippen molar-refractivity contribution in [2.24, 2.45) is 23.7 Å². The number of hydrogen-bond donors (Lipinski definition) is 1. The van der Waals surface area contributed by atoms with Crippen LogP contribution in [0.5, 0.6) is 5.75 Å². The number of nitrogens with one attached hydrogen (secondary N) is 1. The minimum Gasteiger partial charge on any atom is -0.494 e. The number of aromatic nitrogens is 1. The van der Waals surface area contributed by atoms with E-state index in [1.807, 2.05) is 37.3 Å². The van der Waals surface area contributed by atoms with Gasteiger partial charge in [0.05, 0.1) is 28.7 Å². The molecule has 1 aromatic heterocycles. The van der Waals surface area contributed by atoms with Gasteiger partial charge in [-0.15, -0.1) is 0 Å². The van der Waals surface area contributed by atoms with Gasteiger partial charge in [0.15, 0.2) is 5.13 Å². The molecule has 0 spiro atoms. The summed E-state index contributed by atoms with van der Waals surface area (Å²) in [5.41, 5.74) is 0.731. The first-order valence-electron chi connectivity index (χ1n) is 9.87. The molecule has 3 amide bonds. The van der Waals surface area contributed by atoms with E-state index in [2.05, 4.69) is 10.3 Å². The molecule has 2 aliphatic carbocycles. The van der Waals surface area contributed by atoms with E-state index in [9.17, 15) is 14.4 Å². The Morgan fingerprint density at radius 1 is 1.28 bits per heavy atom. The minimum atomic E-state index is -0.869. The molecule has 1 N–H and O–H groups in total. The first kappa shape index (κ1) is 18.3.